The number of guanidine groups is 1. The Balaban J connectivity index is 0.00000529. The van der Waals surface area contributed by atoms with E-state index in [-0.39, 0.29) is 29.8 Å². The lowest BCUT2D eigenvalue weighted by Gasteiger charge is -2.12. The van der Waals surface area contributed by atoms with Crippen LogP contribution in [0.3, 0.4) is 0 Å². The Hall–Kier alpha value is -0.930. The predicted molar refractivity (Wildman–Crippen MR) is 107 cm³/mol. The number of aliphatic imine (C=N–C) groups is 1. The summed E-state index contributed by atoms with van der Waals surface area (Å²) in [6.45, 7) is 5.73. The highest BCUT2D eigenvalue weighted by atomic mass is 127. The third kappa shape index (κ3) is 10.8. The van der Waals surface area contributed by atoms with Crippen molar-refractivity contribution in [3.8, 4) is 0 Å². The zero-order chi connectivity index (χ0) is 16.8. The number of hydrogen-bond acceptors (Lipinski definition) is 3. The fourth-order valence-electron chi connectivity index (χ4n) is 1.85. The zero-order valence-electron chi connectivity index (χ0n) is 14.5. The lowest BCUT2D eigenvalue weighted by atomic mass is 10.2. The molecule has 5 nitrogen and oxygen atoms in total. The number of nitrogens with zero attached hydrogens (tertiary/aromatic N) is 1. The van der Waals surface area contributed by atoms with E-state index in [1.165, 1.54) is 6.07 Å². The molecule has 0 aliphatic rings. The average molecular weight is 453 g/mol. The molecule has 1 rings (SSSR count). The van der Waals surface area contributed by atoms with E-state index < -0.39 is 0 Å². The molecule has 0 amide bonds. The van der Waals surface area contributed by atoms with Crippen LogP contribution in [0.2, 0.25) is 0 Å². The van der Waals surface area contributed by atoms with Crippen molar-refractivity contribution in [3.63, 3.8) is 0 Å². The summed E-state index contributed by atoms with van der Waals surface area (Å²) in [5, 5.41) is 6.19. The third-order valence-electron chi connectivity index (χ3n) is 3.18. The van der Waals surface area contributed by atoms with Crippen LogP contribution >= 0.6 is 24.0 Å². The summed E-state index contributed by atoms with van der Waals surface area (Å²) in [5.41, 5.74) is 0.607. The molecule has 1 aromatic rings. The number of ether oxygens (including phenoxy) is 2. The molecular formula is C17H29FIN3O2. The first-order chi connectivity index (χ1) is 11.3. The van der Waals surface area contributed by atoms with Crippen LogP contribution < -0.4 is 10.6 Å². The molecule has 1 aromatic carbocycles. The van der Waals surface area contributed by atoms with Crippen molar-refractivity contribution in [2.45, 2.75) is 26.3 Å². The molecule has 0 heterocycles. The molecule has 0 radical (unpaired) electrons. The summed E-state index contributed by atoms with van der Waals surface area (Å²) in [6, 6.07) is 6.68. The van der Waals surface area contributed by atoms with Crippen LogP contribution in [-0.4, -0.2) is 46.0 Å². The van der Waals surface area contributed by atoms with Crippen LogP contribution in [0.1, 0.15) is 25.3 Å². The summed E-state index contributed by atoms with van der Waals surface area (Å²) in [6.07, 6.45) is 2.23. The minimum Gasteiger partial charge on any atom is -0.379 e. The SMILES string of the molecule is CCCCOCCOCCNC(=NC)NCc1ccccc1F.I. The Morgan fingerprint density at radius 2 is 1.79 bits per heavy atom. The van der Waals surface area contributed by atoms with Crippen molar-refractivity contribution in [2.24, 2.45) is 4.99 Å². The number of benzene rings is 1. The number of nitrogens with one attached hydrogen (secondary N) is 2. The Labute approximate surface area is 161 Å². The van der Waals surface area contributed by atoms with Crippen molar-refractivity contribution in [3.05, 3.63) is 35.6 Å². The van der Waals surface area contributed by atoms with Gasteiger partial charge in [-0.25, -0.2) is 4.39 Å². The zero-order valence-corrected chi connectivity index (χ0v) is 16.8. The molecule has 0 aromatic heterocycles. The molecule has 0 fully saturated rings. The van der Waals surface area contributed by atoms with Crippen LogP contribution in [0.25, 0.3) is 0 Å². The standard InChI is InChI=1S/C17H28FN3O2.HI/c1-3-4-10-22-12-13-23-11-9-20-17(19-2)21-14-15-7-5-6-8-16(15)18;/h5-8H,3-4,9-14H2,1-2H3,(H2,19,20,21);1H. The molecular weight excluding hydrogens is 424 g/mol. The molecule has 0 atom stereocenters. The van der Waals surface area contributed by atoms with Gasteiger partial charge in [-0.3, -0.25) is 4.99 Å². The quantitative estimate of drug-likeness (QED) is 0.234. The summed E-state index contributed by atoms with van der Waals surface area (Å²) < 4.78 is 24.4. The topological polar surface area (TPSA) is 54.9 Å². The van der Waals surface area contributed by atoms with Gasteiger partial charge in [-0.2, -0.15) is 0 Å². The Bertz CT molecular complexity index is 461. The number of rotatable bonds is 11. The van der Waals surface area contributed by atoms with Gasteiger partial charge in [-0.1, -0.05) is 31.5 Å². The van der Waals surface area contributed by atoms with Crippen molar-refractivity contribution < 1.29 is 13.9 Å². The normalized spacial score (nSPS) is 11.0. The van der Waals surface area contributed by atoms with Gasteiger partial charge in [0.2, 0.25) is 0 Å². The van der Waals surface area contributed by atoms with Gasteiger partial charge < -0.3 is 20.1 Å². The first kappa shape index (κ1) is 23.1. The molecule has 0 saturated heterocycles. The summed E-state index contributed by atoms with van der Waals surface area (Å²) in [7, 11) is 1.68. The van der Waals surface area contributed by atoms with E-state index in [4.69, 9.17) is 9.47 Å². The fraction of sp³-hybridized carbons (Fsp3) is 0.588. The number of unbranched alkanes of at least 4 members (excludes halogenated alkanes) is 1. The summed E-state index contributed by atoms with van der Waals surface area (Å²) in [5.74, 6) is 0.401. The average Bonchev–Trinajstić information content (AvgIpc) is 2.57. The van der Waals surface area contributed by atoms with Crippen LogP contribution in [0.4, 0.5) is 4.39 Å². The third-order valence-corrected chi connectivity index (χ3v) is 3.18. The maximum Gasteiger partial charge on any atom is 0.191 e. The fourth-order valence-corrected chi connectivity index (χ4v) is 1.85. The van der Waals surface area contributed by atoms with Gasteiger partial charge in [-0.05, 0) is 12.5 Å². The second kappa shape index (κ2) is 15.6. The van der Waals surface area contributed by atoms with Gasteiger partial charge in [-0.15, -0.1) is 24.0 Å². The summed E-state index contributed by atoms with van der Waals surface area (Å²) in [4.78, 5) is 4.09. The predicted octanol–water partition coefficient (Wildman–Crippen LogP) is 2.94. The highest BCUT2D eigenvalue weighted by Gasteiger charge is 2.02. The Kier molecular flexibility index (Phi) is 15.0. The summed E-state index contributed by atoms with van der Waals surface area (Å²) >= 11 is 0. The first-order valence-electron chi connectivity index (χ1n) is 8.11. The monoisotopic (exact) mass is 453 g/mol. The van der Waals surface area contributed by atoms with Gasteiger partial charge in [0.1, 0.15) is 5.82 Å². The molecule has 0 aliphatic heterocycles. The minimum atomic E-state index is -0.221. The molecule has 138 valence electrons. The lowest BCUT2D eigenvalue weighted by Crippen LogP contribution is -2.38. The largest absolute Gasteiger partial charge is 0.379 e. The second-order valence-electron chi connectivity index (χ2n) is 5.02. The van der Waals surface area contributed by atoms with Gasteiger partial charge in [0, 0.05) is 32.3 Å². The minimum absolute atomic E-state index is 0. The molecule has 7 heteroatoms. The highest BCUT2D eigenvalue weighted by Crippen LogP contribution is 2.05. The van der Waals surface area contributed by atoms with E-state index in [2.05, 4.69) is 22.5 Å². The first-order valence-corrected chi connectivity index (χ1v) is 8.11. The molecule has 0 aliphatic carbocycles. The van der Waals surface area contributed by atoms with E-state index >= 15 is 0 Å². The highest BCUT2D eigenvalue weighted by molar-refractivity contribution is 14.0. The molecule has 0 saturated carbocycles. The maximum atomic E-state index is 13.5. The van der Waals surface area contributed by atoms with Crippen molar-refractivity contribution in [2.75, 3.05) is 40.0 Å². The van der Waals surface area contributed by atoms with E-state index in [0.717, 1.165) is 19.4 Å². The van der Waals surface area contributed by atoms with E-state index in [1.807, 2.05) is 6.07 Å². The van der Waals surface area contributed by atoms with E-state index in [0.29, 0.717) is 44.4 Å². The molecule has 0 bridgehead atoms. The van der Waals surface area contributed by atoms with Crippen LogP contribution in [0.15, 0.2) is 29.3 Å². The van der Waals surface area contributed by atoms with Gasteiger partial charge in [0.15, 0.2) is 5.96 Å². The molecule has 0 spiro atoms. The number of halogens is 2. The lowest BCUT2D eigenvalue weighted by molar-refractivity contribution is 0.0487. The molecule has 0 unspecified atom stereocenters. The van der Waals surface area contributed by atoms with Crippen molar-refractivity contribution in [1.29, 1.82) is 0 Å². The second-order valence-corrected chi connectivity index (χ2v) is 5.02. The van der Waals surface area contributed by atoms with Crippen LogP contribution in [0.5, 0.6) is 0 Å². The van der Waals surface area contributed by atoms with Gasteiger partial charge in [0.05, 0.1) is 19.8 Å². The van der Waals surface area contributed by atoms with Crippen molar-refractivity contribution in [1.82, 2.24) is 10.6 Å². The van der Waals surface area contributed by atoms with Gasteiger partial charge in [0.25, 0.3) is 0 Å². The Morgan fingerprint density at radius 3 is 2.46 bits per heavy atom. The number of hydrogen-bond donors (Lipinski definition) is 2. The smallest absolute Gasteiger partial charge is 0.191 e. The van der Waals surface area contributed by atoms with Crippen LogP contribution in [0, 0.1) is 5.82 Å². The van der Waals surface area contributed by atoms with Crippen molar-refractivity contribution >= 4 is 29.9 Å². The molecule has 24 heavy (non-hydrogen) atoms. The van der Waals surface area contributed by atoms with E-state index in [9.17, 15) is 4.39 Å². The van der Waals surface area contributed by atoms with Crippen LogP contribution in [-0.2, 0) is 16.0 Å². The van der Waals surface area contributed by atoms with Gasteiger partial charge >= 0.3 is 0 Å². The Morgan fingerprint density at radius 1 is 1.08 bits per heavy atom. The molecule has 2 N–H and O–H groups in total. The van der Waals surface area contributed by atoms with E-state index in [1.54, 1.807) is 19.2 Å². The maximum absolute atomic E-state index is 13.5.